The summed E-state index contributed by atoms with van der Waals surface area (Å²) in [4.78, 5) is 23.7. The molecule has 0 bridgehead atoms. The van der Waals surface area contributed by atoms with Gasteiger partial charge in [-0.15, -0.1) is 24.0 Å². The predicted molar refractivity (Wildman–Crippen MR) is 131 cm³/mol. The van der Waals surface area contributed by atoms with Gasteiger partial charge in [0.1, 0.15) is 12.4 Å². The predicted octanol–water partition coefficient (Wildman–Crippen LogP) is 3.05. The summed E-state index contributed by atoms with van der Waals surface area (Å²) in [6.45, 7) is 3.86. The number of aliphatic imine (C=N–C) groups is 1. The van der Waals surface area contributed by atoms with Gasteiger partial charge >= 0.3 is 0 Å². The number of fused-ring (bicyclic) bond motifs is 1. The maximum absolute atomic E-state index is 12.5. The van der Waals surface area contributed by atoms with E-state index in [9.17, 15) is 4.79 Å². The summed E-state index contributed by atoms with van der Waals surface area (Å²) in [5, 5.41) is 6.68. The molecule has 0 aliphatic carbocycles. The second-order valence-electron chi connectivity index (χ2n) is 7.16. The number of nitrogens with one attached hydrogen (secondary N) is 2. The number of carbonyl (C=O) groups excluding carboxylic acids is 1. The fourth-order valence-corrected chi connectivity index (χ4v) is 3.66. The number of para-hydroxylation sites is 3. The van der Waals surface area contributed by atoms with Crippen LogP contribution in [0, 0.1) is 0 Å². The Morgan fingerprint density at radius 2 is 1.90 bits per heavy atom. The Hall–Kier alpha value is -2.62. The van der Waals surface area contributed by atoms with Crippen LogP contribution in [0.25, 0.3) is 11.0 Å². The molecule has 7 nitrogen and oxygen atoms in total. The van der Waals surface area contributed by atoms with Crippen molar-refractivity contribution in [3.05, 3.63) is 60.4 Å². The minimum Gasteiger partial charge on any atom is -0.357 e. The largest absolute Gasteiger partial charge is 0.357 e. The Morgan fingerprint density at radius 1 is 1.17 bits per heavy atom. The third-order valence-electron chi connectivity index (χ3n) is 5.14. The fraction of sp³-hybridized carbons (Fsp3) is 0.318. The van der Waals surface area contributed by atoms with Gasteiger partial charge in [-0.05, 0) is 31.2 Å². The van der Waals surface area contributed by atoms with Gasteiger partial charge in [-0.3, -0.25) is 4.79 Å². The number of aryl methyl sites for hydroxylation is 1. The van der Waals surface area contributed by atoms with Crippen LogP contribution in [0.1, 0.15) is 19.2 Å². The van der Waals surface area contributed by atoms with Gasteiger partial charge in [0.05, 0.1) is 17.1 Å². The molecule has 1 atom stereocenters. The van der Waals surface area contributed by atoms with Crippen LogP contribution in [0.3, 0.4) is 0 Å². The summed E-state index contributed by atoms with van der Waals surface area (Å²) in [7, 11) is 2.01. The second kappa shape index (κ2) is 9.92. The molecule has 1 aliphatic heterocycles. The minimum atomic E-state index is 0. The van der Waals surface area contributed by atoms with Gasteiger partial charge in [0.25, 0.3) is 0 Å². The number of aromatic nitrogens is 2. The molecule has 1 aromatic heterocycles. The smallest absolute Gasteiger partial charge is 0.229 e. The van der Waals surface area contributed by atoms with Crippen molar-refractivity contribution >= 4 is 52.6 Å². The third-order valence-corrected chi connectivity index (χ3v) is 5.14. The van der Waals surface area contributed by atoms with E-state index in [0.717, 1.165) is 29.1 Å². The molecule has 2 aromatic carbocycles. The number of imidazole rings is 1. The van der Waals surface area contributed by atoms with Gasteiger partial charge in [0.2, 0.25) is 5.91 Å². The molecule has 2 N–H and O–H groups in total. The molecular weight excluding hydrogens is 491 g/mol. The Morgan fingerprint density at radius 3 is 2.63 bits per heavy atom. The van der Waals surface area contributed by atoms with E-state index in [0.29, 0.717) is 25.5 Å². The molecule has 1 aliphatic rings. The molecule has 30 heavy (non-hydrogen) atoms. The SMILES string of the molecule is CCNC(=NCc1nc2ccccc2n1C)NC1CC(=O)N(c2ccccc2)C1.I. The average Bonchev–Trinajstić information content (AvgIpc) is 3.26. The standard InChI is InChI=1S/C22H26N6O.HI/c1-3-23-22(24-14-20-26-18-11-7-8-12-19(18)27(20)2)25-16-13-21(29)28(15-16)17-9-5-4-6-10-17;/h4-12,16H,3,13-15H2,1-2H3,(H2,23,24,25);1H. The molecule has 0 radical (unpaired) electrons. The third kappa shape index (κ3) is 4.75. The molecule has 0 spiro atoms. The Balaban J connectivity index is 0.00000256. The topological polar surface area (TPSA) is 74.5 Å². The quantitative estimate of drug-likeness (QED) is 0.310. The zero-order chi connectivity index (χ0) is 20.2. The molecule has 2 heterocycles. The summed E-state index contributed by atoms with van der Waals surface area (Å²) in [5.41, 5.74) is 3.00. The lowest BCUT2D eigenvalue weighted by Gasteiger charge is -2.19. The van der Waals surface area contributed by atoms with E-state index in [1.807, 2.05) is 67.4 Å². The van der Waals surface area contributed by atoms with Crippen molar-refractivity contribution in [1.82, 2.24) is 20.2 Å². The first-order chi connectivity index (χ1) is 14.2. The van der Waals surface area contributed by atoms with E-state index in [2.05, 4.69) is 26.3 Å². The summed E-state index contributed by atoms with van der Waals surface area (Å²) in [6.07, 6.45) is 0.450. The maximum Gasteiger partial charge on any atom is 0.229 e. The van der Waals surface area contributed by atoms with Crippen molar-refractivity contribution in [1.29, 1.82) is 0 Å². The first-order valence-corrected chi connectivity index (χ1v) is 9.96. The Labute approximate surface area is 193 Å². The summed E-state index contributed by atoms with van der Waals surface area (Å²) in [5.74, 6) is 1.73. The van der Waals surface area contributed by atoms with Crippen LogP contribution in [-0.2, 0) is 18.4 Å². The summed E-state index contributed by atoms with van der Waals surface area (Å²) in [6, 6.07) is 17.9. The van der Waals surface area contributed by atoms with Crippen LogP contribution in [0.15, 0.2) is 59.6 Å². The highest BCUT2D eigenvalue weighted by Crippen LogP contribution is 2.21. The zero-order valence-corrected chi connectivity index (χ0v) is 19.5. The van der Waals surface area contributed by atoms with E-state index in [-0.39, 0.29) is 35.9 Å². The van der Waals surface area contributed by atoms with Gasteiger partial charge < -0.3 is 20.1 Å². The lowest BCUT2D eigenvalue weighted by Crippen LogP contribution is -2.44. The highest BCUT2D eigenvalue weighted by Gasteiger charge is 2.31. The number of halogens is 1. The molecule has 4 rings (SSSR count). The van der Waals surface area contributed by atoms with Crippen LogP contribution in [0.5, 0.6) is 0 Å². The normalized spacial score (nSPS) is 16.6. The van der Waals surface area contributed by atoms with Crippen molar-refractivity contribution < 1.29 is 4.79 Å². The Kier molecular flexibility index (Phi) is 7.30. The number of carbonyl (C=O) groups is 1. The molecule has 3 aromatic rings. The number of nitrogens with zero attached hydrogens (tertiary/aromatic N) is 4. The van der Waals surface area contributed by atoms with Gasteiger partial charge in [-0.25, -0.2) is 9.98 Å². The number of anilines is 1. The fourth-order valence-electron chi connectivity index (χ4n) is 3.66. The highest BCUT2D eigenvalue weighted by molar-refractivity contribution is 14.0. The average molecular weight is 518 g/mol. The van der Waals surface area contributed by atoms with Crippen LogP contribution < -0.4 is 15.5 Å². The Bertz CT molecular complexity index is 1030. The summed E-state index contributed by atoms with van der Waals surface area (Å²) < 4.78 is 2.07. The first-order valence-electron chi connectivity index (χ1n) is 9.96. The van der Waals surface area contributed by atoms with Crippen LogP contribution in [0.2, 0.25) is 0 Å². The van der Waals surface area contributed by atoms with Crippen molar-refractivity contribution in [3.63, 3.8) is 0 Å². The molecular formula is C22H27IN6O. The number of hydrogen-bond donors (Lipinski definition) is 2. The summed E-state index contributed by atoms with van der Waals surface area (Å²) >= 11 is 0. The molecule has 158 valence electrons. The van der Waals surface area contributed by atoms with E-state index >= 15 is 0 Å². The van der Waals surface area contributed by atoms with Gasteiger partial charge in [-0.1, -0.05) is 30.3 Å². The number of rotatable bonds is 5. The van der Waals surface area contributed by atoms with Crippen LogP contribution >= 0.6 is 24.0 Å². The number of amides is 1. The van der Waals surface area contributed by atoms with Crippen molar-refractivity contribution in [2.75, 3.05) is 18.0 Å². The minimum absolute atomic E-state index is 0. The molecule has 1 saturated heterocycles. The molecule has 8 heteroatoms. The lowest BCUT2D eigenvalue weighted by molar-refractivity contribution is -0.117. The van der Waals surface area contributed by atoms with E-state index in [1.165, 1.54) is 0 Å². The monoisotopic (exact) mass is 518 g/mol. The van der Waals surface area contributed by atoms with E-state index in [4.69, 9.17) is 4.99 Å². The number of hydrogen-bond acceptors (Lipinski definition) is 3. The molecule has 0 saturated carbocycles. The van der Waals surface area contributed by atoms with Crippen molar-refractivity contribution in [2.24, 2.45) is 12.0 Å². The van der Waals surface area contributed by atoms with E-state index < -0.39 is 0 Å². The van der Waals surface area contributed by atoms with Crippen molar-refractivity contribution in [2.45, 2.75) is 25.9 Å². The van der Waals surface area contributed by atoms with Crippen LogP contribution in [-0.4, -0.2) is 40.5 Å². The zero-order valence-electron chi connectivity index (χ0n) is 17.2. The number of guanidine groups is 1. The highest BCUT2D eigenvalue weighted by atomic mass is 127. The van der Waals surface area contributed by atoms with Gasteiger partial charge in [0.15, 0.2) is 5.96 Å². The van der Waals surface area contributed by atoms with Crippen LogP contribution in [0.4, 0.5) is 5.69 Å². The van der Waals surface area contributed by atoms with E-state index in [1.54, 1.807) is 0 Å². The van der Waals surface area contributed by atoms with Crippen molar-refractivity contribution in [3.8, 4) is 0 Å². The van der Waals surface area contributed by atoms with Gasteiger partial charge in [0, 0.05) is 32.2 Å². The lowest BCUT2D eigenvalue weighted by atomic mass is 10.2. The number of benzene rings is 2. The molecule has 1 unspecified atom stereocenters. The molecule has 1 amide bonds. The van der Waals surface area contributed by atoms with Gasteiger partial charge in [-0.2, -0.15) is 0 Å². The maximum atomic E-state index is 12.5. The first kappa shape index (κ1) is 22.1. The second-order valence-corrected chi connectivity index (χ2v) is 7.16. The molecule has 1 fully saturated rings.